The van der Waals surface area contributed by atoms with E-state index in [0.29, 0.717) is 0 Å². The van der Waals surface area contributed by atoms with Gasteiger partial charge in [0.15, 0.2) is 0 Å². The molecule has 0 N–H and O–H groups in total. The van der Waals surface area contributed by atoms with E-state index in [4.69, 9.17) is 0 Å². The molecule has 2 heterocycles. The van der Waals surface area contributed by atoms with Crippen LogP contribution in [-0.2, 0) is 0 Å². The number of allylic oxidation sites excluding steroid dienone is 4. The summed E-state index contributed by atoms with van der Waals surface area (Å²) in [6, 6.07) is 89.8. The summed E-state index contributed by atoms with van der Waals surface area (Å²) in [7, 11) is 0. The van der Waals surface area contributed by atoms with Crippen LogP contribution in [-0.4, -0.2) is 9.13 Å². The fraction of sp³-hybridized carbons (Fsp3) is 0.0149. The first kappa shape index (κ1) is 42.9. The Labute approximate surface area is 414 Å². The normalized spacial score (nSPS) is 11.8. The van der Waals surface area contributed by atoms with Gasteiger partial charge in [0.25, 0.3) is 0 Å². The third-order valence-corrected chi connectivity index (χ3v) is 13.6. The van der Waals surface area contributed by atoms with E-state index in [1.165, 1.54) is 43.7 Å². The van der Waals surface area contributed by atoms with Crippen molar-refractivity contribution >= 4 is 72.0 Å². The third kappa shape index (κ3) is 7.78. The molecule has 0 aliphatic heterocycles. The number of para-hydroxylation sites is 5. The second-order valence-corrected chi connectivity index (χ2v) is 17.8. The predicted octanol–water partition coefficient (Wildman–Crippen LogP) is 18.5. The molecule has 12 rings (SSSR count). The molecule has 0 aliphatic rings. The minimum atomic E-state index is 1.03. The Hall–Kier alpha value is -9.38. The Morgan fingerprint density at radius 1 is 0.380 bits per heavy atom. The summed E-state index contributed by atoms with van der Waals surface area (Å²) in [4.78, 5) is 4.62. The van der Waals surface area contributed by atoms with Crippen LogP contribution in [0.2, 0.25) is 0 Å². The van der Waals surface area contributed by atoms with Gasteiger partial charge in [-0.1, -0.05) is 170 Å². The van der Waals surface area contributed by atoms with E-state index in [1.807, 2.05) is 6.08 Å². The van der Waals surface area contributed by atoms with Gasteiger partial charge < -0.3 is 18.9 Å². The molecule has 338 valence electrons. The molecule has 12 aromatic rings. The highest BCUT2D eigenvalue weighted by atomic mass is 15.2. The molecule has 0 bridgehead atoms. The Balaban J connectivity index is 0.916. The molecule has 0 saturated heterocycles. The van der Waals surface area contributed by atoms with Crippen molar-refractivity contribution in [2.45, 2.75) is 6.92 Å². The number of anilines is 5. The molecule has 4 heteroatoms. The maximum Gasteiger partial charge on any atom is 0.0561 e. The Bertz CT molecular complexity index is 3900. The Morgan fingerprint density at radius 2 is 0.789 bits per heavy atom. The third-order valence-electron chi connectivity index (χ3n) is 13.6. The molecule has 0 radical (unpaired) electrons. The van der Waals surface area contributed by atoms with Crippen LogP contribution in [0.4, 0.5) is 28.4 Å². The van der Waals surface area contributed by atoms with Gasteiger partial charge in [0.1, 0.15) is 0 Å². The molecule has 0 atom stereocenters. The van der Waals surface area contributed by atoms with Crippen LogP contribution in [0, 0.1) is 0 Å². The van der Waals surface area contributed by atoms with Crippen molar-refractivity contribution in [2.24, 2.45) is 0 Å². The molecular formula is C67H50N4. The SMILES string of the molecule is C=C/C=C(\C=C/C)N(c1ccccc1)c1ccc2c3ccccc3n(-c3ccc(-c4ccccc4-c4ccc(-n5c6ccccc6c6ccc(N(c7ccccc7)c7ccccc7)cc65)cc4)cc3)c2c1. The molecule has 71 heavy (non-hydrogen) atoms. The van der Waals surface area contributed by atoms with E-state index in [2.05, 4.69) is 299 Å². The minimum Gasteiger partial charge on any atom is -0.310 e. The summed E-state index contributed by atoms with van der Waals surface area (Å²) >= 11 is 0. The molecule has 0 spiro atoms. The van der Waals surface area contributed by atoms with Crippen LogP contribution in [0.5, 0.6) is 0 Å². The molecule has 0 unspecified atom stereocenters. The van der Waals surface area contributed by atoms with Gasteiger partial charge in [-0.3, -0.25) is 0 Å². The molecule has 0 aliphatic carbocycles. The predicted molar refractivity (Wildman–Crippen MR) is 302 cm³/mol. The second kappa shape index (κ2) is 18.6. The number of rotatable bonds is 12. The second-order valence-electron chi connectivity index (χ2n) is 17.8. The van der Waals surface area contributed by atoms with E-state index in [-0.39, 0.29) is 0 Å². The zero-order valence-corrected chi connectivity index (χ0v) is 39.5. The first-order valence-corrected chi connectivity index (χ1v) is 24.2. The number of nitrogens with zero attached hydrogens (tertiary/aromatic N) is 4. The lowest BCUT2D eigenvalue weighted by molar-refractivity contribution is 1.17. The number of fused-ring (bicyclic) bond motifs is 6. The van der Waals surface area contributed by atoms with Crippen LogP contribution in [0.25, 0.3) is 77.2 Å². The summed E-state index contributed by atoms with van der Waals surface area (Å²) in [6.45, 7) is 6.10. The minimum absolute atomic E-state index is 1.03. The van der Waals surface area contributed by atoms with Gasteiger partial charge in [0, 0.05) is 67.1 Å². The van der Waals surface area contributed by atoms with Crippen molar-refractivity contribution < 1.29 is 0 Å². The molecule has 10 aromatic carbocycles. The summed E-state index contributed by atoms with van der Waals surface area (Å²) in [5.74, 6) is 0. The van der Waals surface area contributed by atoms with E-state index >= 15 is 0 Å². The topological polar surface area (TPSA) is 16.3 Å². The van der Waals surface area contributed by atoms with Gasteiger partial charge in [-0.2, -0.15) is 0 Å². The fourth-order valence-corrected chi connectivity index (χ4v) is 10.4. The first-order valence-electron chi connectivity index (χ1n) is 24.2. The lowest BCUT2D eigenvalue weighted by atomic mass is 9.94. The quantitative estimate of drug-likeness (QED) is 0.114. The van der Waals surface area contributed by atoms with E-state index < -0.39 is 0 Å². The van der Waals surface area contributed by atoms with Crippen molar-refractivity contribution in [3.05, 3.63) is 285 Å². The van der Waals surface area contributed by atoms with Gasteiger partial charge in [-0.25, -0.2) is 0 Å². The van der Waals surface area contributed by atoms with Crippen LogP contribution in [0.3, 0.4) is 0 Å². The van der Waals surface area contributed by atoms with Crippen molar-refractivity contribution in [1.82, 2.24) is 9.13 Å². The molecule has 0 amide bonds. The largest absolute Gasteiger partial charge is 0.310 e. The Morgan fingerprint density at radius 3 is 1.27 bits per heavy atom. The molecule has 0 saturated carbocycles. The summed E-state index contributed by atoms with van der Waals surface area (Å²) in [5.41, 5.74) is 18.0. The van der Waals surface area contributed by atoms with Crippen molar-refractivity contribution in [2.75, 3.05) is 9.80 Å². The van der Waals surface area contributed by atoms with Gasteiger partial charge in [0.05, 0.1) is 22.1 Å². The van der Waals surface area contributed by atoms with Crippen LogP contribution >= 0.6 is 0 Å². The molecule has 2 aromatic heterocycles. The number of aromatic nitrogens is 2. The van der Waals surface area contributed by atoms with Gasteiger partial charge in [-0.05, 0) is 138 Å². The monoisotopic (exact) mass is 910 g/mol. The maximum atomic E-state index is 4.05. The summed E-state index contributed by atoms with van der Waals surface area (Å²) in [6.07, 6.45) is 8.12. The lowest BCUT2D eigenvalue weighted by Crippen LogP contribution is -2.15. The van der Waals surface area contributed by atoms with Crippen molar-refractivity contribution in [3.8, 4) is 33.6 Å². The average Bonchev–Trinajstić information content (AvgIpc) is 3.94. The van der Waals surface area contributed by atoms with Gasteiger partial charge in [-0.15, -0.1) is 0 Å². The number of benzene rings is 10. The van der Waals surface area contributed by atoms with Crippen LogP contribution in [0.15, 0.2) is 285 Å². The number of hydrogen-bond acceptors (Lipinski definition) is 2. The zero-order valence-electron chi connectivity index (χ0n) is 39.5. The molecule has 0 fully saturated rings. The van der Waals surface area contributed by atoms with Crippen LogP contribution < -0.4 is 9.80 Å². The molecule has 4 nitrogen and oxygen atoms in total. The lowest BCUT2D eigenvalue weighted by Gasteiger charge is -2.26. The highest BCUT2D eigenvalue weighted by Gasteiger charge is 2.20. The highest BCUT2D eigenvalue weighted by Crippen LogP contribution is 2.42. The fourth-order valence-electron chi connectivity index (χ4n) is 10.4. The van der Waals surface area contributed by atoms with Gasteiger partial charge >= 0.3 is 0 Å². The highest BCUT2D eigenvalue weighted by molar-refractivity contribution is 6.11. The molecular weight excluding hydrogens is 861 g/mol. The summed E-state index contributed by atoms with van der Waals surface area (Å²) in [5, 5.41) is 4.87. The van der Waals surface area contributed by atoms with Crippen LogP contribution in [0.1, 0.15) is 6.92 Å². The zero-order chi connectivity index (χ0) is 47.7. The van der Waals surface area contributed by atoms with E-state index in [0.717, 1.165) is 67.7 Å². The summed E-state index contributed by atoms with van der Waals surface area (Å²) < 4.78 is 4.81. The maximum absolute atomic E-state index is 4.05. The van der Waals surface area contributed by atoms with E-state index in [1.54, 1.807) is 0 Å². The first-order chi connectivity index (χ1) is 35.2. The van der Waals surface area contributed by atoms with Crippen molar-refractivity contribution in [3.63, 3.8) is 0 Å². The average molecular weight is 911 g/mol. The van der Waals surface area contributed by atoms with Crippen molar-refractivity contribution in [1.29, 1.82) is 0 Å². The number of hydrogen-bond donors (Lipinski definition) is 0. The van der Waals surface area contributed by atoms with Gasteiger partial charge in [0.2, 0.25) is 0 Å². The smallest absolute Gasteiger partial charge is 0.0561 e. The van der Waals surface area contributed by atoms with E-state index in [9.17, 15) is 0 Å². The standard InChI is InChI=1S/C67H50N4/c1-3-20-50(21-4-2)68(51-22-8-5-9-23-51)56-42-44-62-60-30-16-18-32-64(60)70(66(62)46-56)54-38-34-48(35-39-54)58-28-14-15-29-59(58)49-36-40-55(41-37-49)71-65-33-19-17-31-61(65)63-45-43-57(47-67(63)71)69(52-24-10-6-11-25-52)53-26-12-7-13-27-53/h3-47H,1H2,2H3/b21-4-,50-20+. The Kier molecular flexibility index (Phi) is 11.3.